The van der Waals surface area contributed by atoms with Gasteiger partial charge in [0.25, 0.3) is 0 Å². The van der Waals surface area contributed by atoms with Gasteiger partial charge in [0.1, 0.15) is 6.04 Å². The molecule has 1 aliphatic rings. The standard InChI is InChI=1S/C20H31N3O2/c1-15(2)19(22-16(3)24)20(25)21-13-17-7-9-18(10-8-17)14-23-11-5-4-6-12-23/h7-10,15,19H,4-6,11-14H2,1-3H3,(H,21,25)(H,22,24). The van der Waals surface area contributed by atoms with Gasteiger partial charge in [-0.2, -0.15) is 0 Å². The zero-order valence-corrected chi connectivity index (χ0v) is 15.7. The molecular formula is C20H31N3O2. The van der Waals surface area contributed by atoms with Crippen molar-refractivity contribution in [3.63, 3.8) is 0 Å². The van der Waals surface area contributed by atoms with E-state index in [9.17, 15) is 9.59 Å². The molecule has 5 nitrogen and oxygen atoms in total. The Morgan fingerprint density at radius 3 is 2.20 bits per heavy atom. The number of carbonyl (C=O) groups is 2. The second-order valence-electron chi connectivity index (χ2n) is 7.29. The van der Waals surface area contributed by atoms with Gasteiger partial charge in [-0.25, -0.2) is 0 Å². The molecule has 1 aromatic rings. The van der Waals surface area contributed by atoms with E-state index in [-0.39, 0.29) is 17.7 Å². The summed E-state index contributed by atoms with van der Waals surface area (Å²) in [7, 11) is 0. The molecule has 0 aliphatic carbocycles. The third-order valence-electron chi connectivity index (χ3n) is 4.65. The highest BCUT2D eigenvalue weighted by molar-refractivity contribution is 5.87. The average Bonchev–Trinajstić information content (AvgIpc) is 2.59. The van der Waals surface area contributed by atoms with Gasteiger partial charge in [0.05, 0.1) is 0 Å². The molecule has 1 aliphatic heterocycles. The number of nitrogens with zero attached hydrogens (tertiary/aromatic N) is 1. The minimum Gasteiger partial charge on any atom is -0.350 e. The Labute approximate surface area is 151 Å². The number of likely N-dealkylation sites (tertiary alicyclic amines) is 1. The van der Waals surface area contributed by atoms with Crippen LogP contribution in [0.4, 0.5) is 0 Å². The Morgan fingerprint density at radius 2 is 1.64 bits per heavy atom. The van der Waals surface area contributed by atoms with E-state index in [1.54, 1.807) is 0 Å². The largest absolute Gasteiger partial charge is 0.350 e. The molecule has 0 radical (unpaired) electrons. The maximum absolute atomic E-state index is 12.3. The van der Waals surface area contributed by atoms with Crippen LogP contribution < -0.4 is 10.6 Å². The minimum atomic E-state index is -0.490. The van der Waals surface area contributed by atoms with Gasteiger partial charge >= 0.3 is 0 Å². The summed E-state index contributed by atoms with van der Waals surface area (Å²) in [4.78, 5) is 26.0. The van der Waals surface area contributed by atoms with Crippen molar-refractivity contribution in [3.05, 3.63) is 35.4 Å². The molecule has 0 bridgehead atoms. The Hall–Kier alpha value is -1.88. The van der Waals surface area contributed by atoms with Crippen LogP contribution in [-0.4, -0.2) is 35.8 Å². The van der Waals surface area contributed by atoms with Gasteiger partial charge in [-0.05, 0) is 43.0 Å². The normalized spacial score (nSPS) is 16.5. The van der Waals surface area contributed by atoms with E-state index in [1.807, 2.05) is 13.8 Å². The van der Waals surface area contributed by atoms with Crippen molar-refractivity contribution in [2.75, 3.05) is 13.1 Å². The van der Waals surface area contributed by atoms with Crippen molar-refractivity contribution in [3.8, 4) is 0 Å². The highest BCUT2D eigenvalue weighted by Crippen LogP contribution is 2.13. The van der Waals surface area contributed by atoms with E-state index in [4.69, 9.17) is 0 Å². The molecule has 1 atom stereocenters. The van der Waals surface area contributed by atoms with Crippen molar-refractivity contribution in [1.82, 2.24) is 15.5 Å². The summed E-state index contributed by atoms with van der Waals surface area (Å²) in [5.41, 5.74) is 2.39. The number of piperidine rings is 1. The van der Waals surface area contributed by atoms with Crippen molar-refractivity contribution in [1.29, 1.82) is 0 Å². The Bertz CT molecular complexity index is 563. The fourth-order valence-corrected chi connectivity index (χ4v) is 3.19. The van der Waals surface area contributed by atoms with Crippen LogP contribution in [-0.2, 0) is 22.7 Å². The SMILES string of the molecule is CC(=O)NC(C(=O)NCc1ccc(CN2CCCCC2)cc1)C(C)C. The third kappa shape index (κ3) is 6.50. The van der Waals surface area contributed by atoms with Crippen LogP contribution in [0.25, 0.3) is 0 Å². The maximum Gasteiger partial charge on any atom is 0.243 e. The summed E-state index contributed by atoms with van der Waals surface area (Å²) in [6, 6.07) is 7.94. The fraction of sp³-hybridized carbons (Fsp3) is 0.600. The van der Waals surface area contributed by atoms with E-state index >= 15 is 0 Å². The van der Waals surface area contributed by atoms with Gasteiger partial charge < -0.3 is 10.6 Å². The molecule has 1 heterocycles. The molecule has 5 heteroatoms. The van der Waals surface area contributed by atoms with Crippen LogP contribution in [0.15, 0.2) is 24.3 Å². The number of carbonyl (C=O) groups excluding carboxylic acids is 2. The molecule has 1 fully saturated rings. The van der Waals surface area contributed by atoms with Crippen molar-refractivity contribution < 1.29 is 9.59 Å². The van der Waals surface area contributed by atoms with Crippen LogP contribution in [0.3, 0.4) is 0 Å². The number of hydrogen-bond acceptors (Lipinski definition) is 3. The highest BCUT2D eigenvalue weighted by atomic mass is 16.2. The molecule has 138 valence electrons. The summed E-state index contributed by atoms with van der Waals surface area (Å²) in [5, 5.41) is 5.64. The molecule has 2 amide bonds. The summed E-state index contributed by atoms with van der Waals surface area (Å²) in [6.07, 6.45) is 3.95. The zero-order chi connectivity index (χ0) is 18.2. The number of benzene rings is 1. The summed E-state index contributed by atoms with van der Waals surface area (Å²) < 4.78 is 0. The topological polar surface area (TPSA) is 61.4 Å². The predicted molar refractivity (Wildman–Crippen MR) is 99.9 cm³/mol. The van der Waals surface area contributed by atoms with Crippen molar-refractivity contribution in [2.45, 2.75) is 59.2 Å². The van der Waals surface area contributed by atoms with E-state index < -0.39 is 6.04 Å². The molecule has 0 saturated carbocycles. The lowest BCUT2D eigenvalue weighted by atomic mass is 10.0. The number of rotatable bonds is 7. The Balaban J connectivity index is 1.83. The summed E-state index contributed by atoms with van der Waals surface area (Å²) >= 11 is 0. The molecule has 2 N–H and O–H groups in total. The van der Waals surface area contributed by atoms with E-state index in [0.717, 1.165) is 12.1 Å². The van der Waals surface area contributed by atoms with Gasteiger partial charge in [0.15, 0.2) is 0 Å². The van der Waals surface area contributed by atoms with Crippen molar-refractivity contribution >= 4 is 11.8 Å². The molecule has 1 aromatic carbocycles. The lowest BCUT2D eigenvalue weighted by molar-refractivity contribution is -0.129. The van der Waals surface area contributed by atoms with Gasteiger partial charge in [-0.1, -0.05) is 44.5 Å². The Kier molecular flexibility index (Phi) is 7.44. The van der Waals surface area contributed by atoms with Crippen molar-refractivity contribution in [2.24, 2.45) is 5.92 Å². The first-order valence-corrected chi connectivity index (χ1v) is 9.30. The van der Waals surface area contributed by atoms with Gasteiger partial charge in [0.2, 0.25) is 11.8 Å². The molecular weight excluding hydrogens is 314 g/mol. The van der Waals surface area contributed by atoms with Gasteiger partial charge in [-0.3, -0.25) is 14.5 Å². The fourth-order valence-electron chi connectivity index (χ4n) is 3.19. The Morgan fingerprint density at radius 1 is 1.04 bits per heavy atom. The van der Waals surface area contributed by atoms with E-state index in [0.29, 0.717) is 6.54 Å². The summed E-state index contributed by atoms with van der Waals surface area (Å²) in [5.74, 6) is -0.269. The van der Waals surface area contributed by atoms with Gasteiger partial charge in [0, 0.05) is 20.0 Å². The number of hydrogen-bond donors (Lipinski definition) is 2. The molecule has 1 unspecified atom stereocenters. The first kappa shape index (κ1) is 19.4. The third-order valence-corrected chi connectivity index (χ3v) is 4.65. The van der Waals surface area contributed by atoms with E-state index in [1.165, 1.54) is 44.8 Å². The second kappa shape index (κ2) is 9.56. The maximum atomic E-state index is 12.3. The molecule has 0 spiro atoms. The lowest BCUT2D eigenvalue weighted by Crippen LogP contribution is -2.48. The van der Waals surface area contributed by atoms with Crippen LogP contribution >= 0.6 is 0 Å². The second-order valence-corrected chi connectivity index (χ2v) is 7.29. The van der Waals surface area contributed by atoms with Crippen LogP contribution in [0.1, 0.15) is 51.2 Å². The first-order valence-electron chi connectivity index (χ1n) is 9.30. The smallest absolute Gasteiger partial charge is 0.243 e. The quantitative estimate of drug-likeness (QED) is 0.798. The van der Waals surface area contributed by atoms with E-state index in [2.05, 4.69) is 39.8 Å². The molecule has 2 rings (SSSR count). The van der Waals surface area contributed by atoms with Crippen LogP contribution in [0, 0.1) is 5.92 Å². The lowest BCUT2D eigenvalue weighted by Gasteiger charge is -2.26. The molecule has 0 aromatic heterocycles. The molecule has 25 heavy (non-hydrogen) atoms. The highest BCUT2D eigenvalue weighted by Gasteiger charge is 2.22. The molecule has 1 saturated heterocycles. The predicted octanol–water partition coefficient (Wildman–Crippen LogP) is 2.45. The van der Waals surface area contributed by atoms with Crippen LogP contribution in [0.2, 0.25) is 0 Å². The summed E-state index contributed by atoms with van der Waals surface area (Å²) in [6.45, 7) is 9.15. The number of nitrogens with one attached hydrogen (secondary N) is 2. The number of amides is 2. The monoisotopic (exact) mass is 345 g/mol. The van der Waals surface area contributed by atoms with Gasteiger partial charge in [-0.15, -0.1) is 0 Å². The minimum absolute atomic E-state index is 0.0517. The zero-order valence-electron chi connectivity index (χ0n) is 15.7. The first-order chi connectivity index (χ1) is 12.0. The van der Waals surface area contributed by atoms with Crippen LogP contribution in [0.5, 0.6) is 0 Å². The average molecular weight is 345 g/mol.